The van der Waals surface area contributed by atoms with Gasteiger partial charge in [-0.3, -0.25) is 0 Å². The first-order chi connectivity index (χ1) is 8.35. The quantitative estimate of drug-likeness (QED) is 0.646. The third-order valence-electron chi connectivity index (χ3n) is 3.91. The number of hydrogen-bond donors (Lipinski definition) is 0. The fourth-order valence-electron chi connectivity index (χ4n) is 2.69. The number of hydrogen-bond acceptors (Lipinski definition) is 2. The van der Waals surface area contributed by atoms with Crippen molar-refractivity contribution in [2.24, 2.45) is 0 Å². The molecule has 2 heterocycles. The molecule has 0 spiro atoms. The van der Waals surface area contributed by atoms with Crippen LogP contribution >= 0.6 is 0 Å². The van der Waals surface area contributed by atoms with Gasteiger partial charge in [-0.2, -0.15) is 0 Å². The van der Waals surface area contributed by atoms with Crippen molar-refractivity contribution in [3.8, 4) is 0 Å². The lowest BCUT2D eigenvalue weighted by molar-refractivity contribution is 0.157. The first kappa shape index (κ1) is 16.4. The third-order valence-corrected chi connectivity index (χ3v) is 8.98. The molecule has 2 aliphatic rings. The molecule has 18 heavy (non-hydrogen) atoms. The van der Waals surface area contributed by atoms with E-state index < -0.39 is 16.6 Å². The SMILES string of the molecule is CCC1CCC[Si](C)(C)O1.C[Si]1(C)CCCCO1. The Kier molecular flexibility index (Phi) is 6.58. The van der Waals surface area contributed by atoms with E-state index in [1.54, 1.807) is 0 Å². The minimum Gasteiger partial charge on any atom is -0.417 e. The normalized spacial score (nSPS) is 30.2. The molecule has 0 aromatic rings. The Bertz CT molecular complexity index is 234. The molecule has 1 atom stereocenters. The highest BCUT2D eigenvalue weighted by Gasteiger charge is 2.29. The Labute approximate surface area is 116 Å². The summed E-state index contributed by atoms with van der Waals surface area (Å²) in [5.41, 5.74) is 0. The van der Waals surface area contributed by atoms with E-state index in [0.29, 0.717) is 6.10 Å². The van der Waals surface area contributed by atoms with Gasteiger partial charge in [0, 0.05) is 12.7 Å². The molecule has 0 aromatic heterocycles. The van der Waals surface area contributed by atoms with E-state index in [1.807, 2.05) is 0 Å². The van der Waals surface area contributed by atoms with Gasteiger partial charge in [0.15, 0.2) is 16.6 Å². The van der Waals surface area contributed by atoms with Crippen molar-refractivity contribution in [3.05, 3.63) is 0 Å². The molecule has 4 heteroatoms. The van der Waals surface area contributed by atoms with Crippen molar-refractivity contribution in [3.63, 3.8) is 0 Å². The van der Waals surface area contributed by atoms with Crippen molar-refractivity contribution in [2.45, 2.75) is 83.4 Å². The Morgan fingerprint density at radius 1 is 0.944 bits per heavy atom. The van der Waals surface area contributed by atoms with Crippen molar-refractivity contribution in [2.75, 3.05) is 6.61 Å². The summed E-state index contributed by atoms with van der Waals surface area (Å²) in [6.07, 6.45) is 7.19. The molecule has 2 rings (SSSR count). The summed E-state index contributed by atoms with van der Waals surface area (Å²) < 4.78 is 11.6. The summed E-state index contributed by atoms with van der Waals surface area (Å²) >= 11 is 0. The third kappa shape index (κ3) is 6.50. The smallest absolute Gasteiger partial charge is 0.187 e. The van der Waals surface area contributed by atoms with Gasteiger partial charge in [-0.25, -0.2) is 0 Å². The molecule has 2 saturated heterocycles. The van der Waals surface area contributed by atoms with Gasteiger partial charge in [0.1, 0.15) is 0 Å². The van der Waals surface area contributed by atoms with Crippen LogP contribution in [-0.4, -0.2) is 29.3 Å². The molecule has 0 N–H and O–H groups in total. The van der Waals surface area contributed by atoms with Gasteiger partial charge in [0.05, 0.1) is 0 Å². The van der Waals surface area contributed by atoms with Crippen LogP contribution in [0, 0.1) is 0 Å². The average Bonchev–Trinajstić information content (AvgIpc) is 2.28. The van der Waals surface area contributed by atoms with E-state index in [1.165, 1.54) is 44.2 Å². The van der Waals surface area contributed by atoms with E-state index >= 15 is 0 Å². The first-order valence-corrected chi connectivity index (χ1v) is 13.9. The molecule has 0 amide bonds. The lowest BCUT2D eigenvalue weighted by Gasteiger charge is -2.33. The van der Waals surface area contributed by atoms with Crippen molar-refractivity contribution in [1.82, 2.24) is 0 Å². The maximum Gasteiger partial charge on any atom is 0.187 e. The van der Waals surface area contributed by atoms with Gasteiger partial charge in [0.2, 0.25) is 0 Å². The predicted molar refractivity (Wildman–Crippen MR) is 84.2 cm³/mol. The van der Waals surface area contributed by atoms with E-state index in [2.05, 4.69) is 33.1 Å². The van der Waals surface area contributed by atoms with E-state index in [0.717, 1.165) is 6.61 Å². The van der Waals surface area contributed by atoms with Gasteiger partial charge in [0.25, 0.3) is 0 Å². The Morgan fingerprint density at radius 2 is 1.61 bits per heavy atom. The molecular formula is C14H32O2Si2. The summed E-state index contributed by atoms with van der Waals surface area (Å²) in [5.74, 6) is 0. The molecule has 1 unspecified atom stereocenters. The van der Waals surface area contributed by atoms with Crippen molar-refractivity contribution >= 4 is 16.6 Å². The van der Waals surface area contributed by atoms with Crippen LogP contribution in [0.2, 0.25) is 38.3 Å². The largest absolute Gasteiger partial charge is 0.417 e. The van der Waals surface area contributed by atoms with Crippen LogP contribution in [0.15, 0.2) is 0 Å². The highest BCUT2D eigenvalue weighted by atomic mass is 28.4. The molecule has 2 aliphatic heterocycles. The zero-order valence-electron chi connectivity index (χ0n) is 13.1. The zero-order valence-corrected chi connectivity index (χ0v) is 15.1. The topological polar surface area (TPSA) is 18.5 Å². The summed E-state index contributed by atoms with van der Waals surface area (Å²) in [6.45, 7) is 12.5. The Balaban J connectivity index is 0.000000184. The molecule has 0 aromatic carbocycles. The van der Waals surface area contributed by atoms with Crippen LogP contribution in [0.1, 0.15) is 39.0 Å². The Hall–Kier alpha value is 0.354. The second kappa shape index (κ2) is 7.22. The maximum atomic E-state index is 5.96. The molecule has 0 radical (unpaired) electrons. The highest BCUT2D eigenvalue weighted by Crippen LogP contribution is 2.26. The maximum absolute atomic E-state index is 5.96. The fourth-order valence-corrected chi connectivity index (χ4v) is 6.99. The van der Waals surface area contributed by atoms with Crippen LogP contribution in [-0.2, 0) is 8.85 Å². The Morgan fingerprint density at radius 3 is 1.94 bits per heavy atom. The van der Waals surface area contributed by atoms with Crippen molar-refractivity contribution in [1.29, 1.82) is 0 Å². The second-order valence-electron chi connectivity index (χ2n) is 6.87. The summed E-state index contributed by atoms with van der Waals surface area (Å²) in [7, 11) is -2.26. The standard InChI is InChI=1S/C8H18OSi.C6H14OSi/c1-4-8-6-5-7-10(2,3)9-8;1-8(2)6-4-3-5-7-8/h8H,4-7H2,1-3H3;3-6H2,1-2H3. The van der Waals surface area contributed by atoms with E-state index in [-0.39, 0.29) is 0 Å². The summed E-state index contributed by atoms with van der Waals surface area (Å²) in [4.78, 5) is 0. The van der Waals surface area contributed by atoms with Crippen LogP contribution in [0.5, 0.6) is 0 Å². The van der Waals surface area contributed by atoms with Crippen LogP contribution < -0.4 is 0 Å². The molecule has 108 valence electrons. The second-order valence-corrected chi connectivity index (χ2v) is 15.4. The monoisotopic (exact) mass is 288 g/mol. The zero-order chi connectivity index (χ0) is 13.6. The lowest BCUT2D eigenvalue weighted by atomic mass is 10.2. The predicted octanol–water partition coefficient (Wildman–Crippen LogP) is 4.78. The molecule has 0 bridgehead atoms. The van der Waals surface area contributed by atoms with Crippen LogP contribution in [0.4, 0.5) is 0 Å². The fraction of sp³-hybridized carbons (Fsp3) is 1.00. The van der Waals surface area contributed by atoms with Gasteiger partial charge in [-0.15, -0.1) is 0 Å². The lowest BCUT2D eigenvalue weighted by Crippen LogP contribution is -2.39. The minimum atomic E-state index is -1.17. The summed E-state index contributed by atoms with van der Waals surface area (Å²) in [5, 5.41) is 0. The van der Waals surface area contributed by atoms with E-state index in [9.17, 15) is 0 Å². The van der Waals surface area contributed by atoms with Gasteiger partial charge in [-0.05, 0) is 57.5 Å². The molecular weight excluding hydrogens is 256 g/mol. The summed E-state index contributed by atoms with van der Waals surface area (Å²) in [6, 6.07) is 2.73. The van der Waals surface area contributed by atoms with Gasteiger partial charge in [-0.1, -0.05) is 19.8 Å². The van der Waals surface area contributed by atoms with Crippen molar-refractivity contribution < 1.29 is 8.85 Å². The van der Waals surface area contributed by atoms with E-state index in [4.69, 9.17) is 8.85 Å². The van der Waals surface area contributed by atoms with Crippen LogP contribution in [0.25, 0.3) is 0 Å². The molecule has 0 aliphatic carbocycles. The first-order valence-electron chi connectivity index (χ1n) is 7.66. The minimum absolute atomic E-state index is 0.593. The highest BCUT2D eigenvalue weighted by molar-refractivity contribution is 6.71. The van der Waals surface area contributed by atoms with Gasteiger partial charge < -0.3 is 8.85 Å². The molecule has 0 saturated carbocycles. The average molecular weight is 289 g/mol. The van der Waals surface area contributed by atoms with Crippen LogP contribution in [0.3, 0.4) is 0 Å². The molecule has 2 fully saturated rings. The number of rotatable bonds is 1. The van der Waals surface area contributed by atoms with Gasteiger partial charge >= 0.3 is 0 Å². The molecule has 2 nitrogen and oxygen atoms in total.